The normalized spacial score (nSPS) is 11.4. The van der Waals surface area contributed by atoms with Crippen LogP contribution in [0.3, 0.4) is 0 Å². The van der Waals surface area contributed by atoms with Gasteiger partial charge in [0.25, 0.3) is 10.0 Å². The number of thiocarbonyl (C=S) groups is 1. The molecule has 0 bridgehead atoms. The smallest absolute Gasteiger partial charge is 0.271 e. The van der Waals surface area contributed by atoms with Crippen molar-refractivity contribution in [1.29, 1.82) is 0 Å². The molecule has 1 aromatic carbocycles. The van der Waals surface area contributed by atoms with Crippen molar-refractivity contribution < 1.29 is 8.42 Å². The highest BCUT2D eigenvalue weighted by molar-refractivity contribution is 9.10. The monoisotopic (exact) mass is 424 g/mol. The van der Waals surface area contributed by atoms with Crippen LogP contribution in [-0.2, 0) is 10.0 Å². The van der Waals surface area contributed by atoms with Gasteiger partial charge >= 0.3 is 0 Å². The number of halogens is 2. The third-order valence-electron chi connectivity index (χ3n) is 2.60. The summed E-state index contributed by atoms with van der Waals surface area (Å²) in [6.07, 6.45) is 0. The van der Waals surface area contributed by atoms with Crippen LogP contribution in [-0.4, -0.2) is 13.4 Å². The van der Waals surface area contributed by atoms with E-state index in [0.717, 1.165) is 16.9 Å². The van der Waals surface area contributed by atoms with Gasteiger partial charge in [0.15, 0.2) is 0 Å². The number of aryl methyl sites for hydroxylation is 1. The first-order valence-corrected chi connectivity index (χ1v) is 9.46. The van der Waals surface area contributed by atoms with E-state index in [1.165, 1.54) is 6.07 Å². The highest BCUT2D eigenvalue weighted by Crippen LogP contribution is 2.32. The zero-order valence-electron chi connectivity index (χ0n) is 10.7. The summed E-state index contributed by atoms with van der Waals surface area (Å²) in [5, 5.41) is 0. The van der Waals surface area contributed by atoms with Crippen LogP contribution in [0.5, 0.6) is 0 Å². The fraction of sp³-hybridized carbons (Fsp3) is 0.0833. The van der Waals surface area contributed by atoms with Gasteiger partial charge in [0.1, 0.15) is 9.20 Å². The van der Waals surface area contributed by atoms with E-state index in [2.05, 4.69) is 20.7 Å². The molecule has 0 amide bonds. The Labute approximate surface area is 145 Å². The summed E-state index contributed by atoms with van der Waals surface area (Å²) in [5.41, 5.74) is 7.30. The number of nitrogens with one attached hydrogen (secondary N) is 1. The molecule has 0 fully saturated rings. The van der Waals surface area contributed by atoms with Crippen LogP contribution < -0.4 is 10.5 Å². The lowest BCUT2D eigenvalue weighted by Gasteiger charge is -2.09. The van der Waals surface area contributed by atoms with Crippen LogP contribution in [0.1, 0.15) is 11.1 Å². The summed E-state index contributed by atoms with van der Waals surface area (Å²) < 4.78 is 28.3. The highest BCUT2D eigenvalue weighted by Gasteiger charge is 2.19. The van der Waals surface area contributed by atoms with E-state index in [0.29, 0.717) is 20.1 Å². The lowest BCUT2D eigenvalue weighted by molar-refractivity contribution is 0.603. The Balaban J connectivity index is 2.35. The maximum absolute atomic E-state index is 12.3. The second-order valence-electron chi connectivity index (χ2n) is 4.19. The van der Waals surface area contributed by atoms with Crippen molar-refractivity contribution in [2.45, 2.75) is 11.1 Å². The minimum absolute atomic E-state index is 0.162. The molecular formula is C12H10BrClN2O2S3. The predicted octanol–water partition coefficient (Wildman–Crippen LogP) is 3.91. The Hall–Kier alpha value is -0.670. The number of thiophene rings is 1. The average molecular weight is 426 g/mol. The molecule has 4 nitrogen and oxygen atoms in total. The third-order valence-corrected chi connectivity index (χ3v) is 6.88. The molecule has 0 saturated heterocycles. The number of nitrogens with two attached hydrogens (primary N) is 1. The number of sulfonamides is 1. The zero-order valence-corrected chi connectivity index (χ0v) is 15.5. The van der Waals surface area contributed by atoms with Gasteiger partial charge in [0.2, 0.25) is 0 Å². The van der Waals surface area contributed by atoms with Gasteiger partial charge in [0.05, 0.1) is 10.0 Å². The molecule has 0 radical (unpaired) electrons. The molecule has 2 rings (SSSR count). The molecule has 112 valence electrons. The number of benzene rings is 1. The summed E-state index contributed by atoms with van der Waals surface area (Å²) in [4.78, 5) is 0.241. The summed E-state index contributed by atoms with van der Waals surface area (Å²) in [6.45, 7) is 1.75. The van der Waals surface area contributed by atoms with E-state index >= 15 is 0 Å². The van der Waals surface area contributed by atoms with Crippen LogP contribution in [0.2, 0.25) is 4.34 Å². The summed E-state index contributed by atoms with van der Waals surface area (Å²) >= 11 is 15.1. The molecule has 1 heterocycles. The van der Waals surface area contributed by atoms with E-state index in [4.69, 9.17) is 29.6 Å². The van der Waals surface area contributed by atoms with Gasteiger partial charge in [-0.05, 0) is 52.7 Å². The number of hydrogen-bond donors (Lipinski definition) is 2. The maximum atomic E-state index is 12.3. The van der Waals surface area contributed by atoms with Crippen LogP contribution in [0.15, 0.2) is 32.9 Å². The molecule has 0 aliphatic rings. The summed E-state index contributed by atoms with van der Waals surface area (Å²) in [6, 6.07) is 6.44. The third kappa shape index (κ3) is 3.75. The van der Waals surface area contributed by atoms with Gasteiger partial charge in [-0.1, -0.05) is 23.8 Å². The van der Waals surface area contributed by atoms with E-state index in [9.17, 15) is 8.42 Å². The molecular weight excluding hydrogens is 416 g/mol. The molecule has 0 aliphatic heterocycles. The molecule has 9 heteroatoms. The lowest BCUT2D eigenvalue weighted by atomic mass is 10.2. The highest BCUT2D eigenvalue weighted by atomic mass is 79.9. The van der Waals surface area contributed by atoms with Crippen LogP contribution >= 0.6 is 51.1 Å². The topological polar surface area (TPSA) is 72.2 Å². The van der Waals surface area contributed by atoms with Gasteiger partial charge in [-0.15, -0.1) is 11.3 Å². The van der Waals surface area contributed by atoms with Crippen molar-refractivity contribution in [3.63, 3.8) is 0 Å². The predicted molar refractivity (Wildman–Crippen MR) is 94.9 cm³/mol. The van der Waals surface area contributed by atoms with Crippen LogP contribution in [0.4, 0.5) is 5.69 Å². The first-order chi connectivity index (χ1) is 9.70. The first kappa shape index (κ1) is 16.7. The van der Waals surface area contributed by atoms with Gasteiger partial charge in [-0.25, -0.2) is 8.42 Å². The molecule has 0 aliphatic carbocycles. The Kier molecular flexibility index (Phi) is 4.94. The van der Waals surface area contributed by atoms with Crippen molar-refractivity contribution in [2.24, 2.45) is 5.73 Å². The Bertz CT molecular complexity index is 798. The summed E-state index contributed by atoms with van der Waals surface area (Å²) in [5.74, 6) is 0. The minimum atomic E-state index is -3.68. The van der Waals surface area contributed by atoms with Gasteiger partial charge in [-0.2, -0.15) is 0 Å². The molecule has 2 aromatic rings. The van der Waals surface area contributed by atoms with E-state index in [1.54, 1.807) is 25.1 Å². The Morgan fingerprint density at radius 3 is 2.57 bits per heavy atom. The van der Waals surface area contributed by atoms with Gasteiger partial charge in [-0.3, -0.25) is 4.72 Å². The van der Waals surface area contributed by atoms with Crippen LogP contribution in [0, 0.1) is 6.92 Å². The number of hydrogen-bond acceptors (Lipinski definition) is 4. The van der Waals surface area contributed by atoms with E-state index in [1.807, 2.05) is 0 Å². The molecule has 21 heavy (non-hydrogen) atoms. The fourth-order valence-electron chi connectivity index (χ4n) is 1.51. The van der Waals surface area contributed by atoms with Gasteiger partial charge < -0.3 is 5.73 Å². The van der Waals surface area contributed by atoms with Crippen molar-refractivity contribution in [3.05, 3.63) is 44.2 Å². The Morgan fingerprint density at radius 2 is 2.10 bits per heavy atom. The molecule has 1 aromatic heterocycles. The largest absolute Gasteiger partial charge is 0.389 e. The van der Waals surface area contributed by atoms with E-state index < -0.39 is 10.0 Å². The molecule has 0 saturated carbocycles. The fourth-order valence-corrected chi connectivity index (χ4v) is 5.03. The Morgan fingerprint density at radius 1 is 1.43 bits per heavy atom. The second kappa shape index (κ2) is 6.21. The van der Waals surface area contributed by atoms with Crippen LogP contribution in [0.25, 0.3) is 0 Å². The second-order valence-corrected chi connectivity index (χ2v) is 9.04. The maximum Gasteiger partial charge on any atom is 0.271 e. The molecule has 0 unspecified atom stereocenters. The average Bonchev–Trinajstić information content (AvgIpc) is 2.72. The van der Waals surface area contributed by atoms with Crippen molar-refractivity contribution in [1.82, 2.24) is 0 Å². The minimum Gasteiger partial charge on any atom is -0.389 e. The molecule has 0 spiro atoms. The van der Waals surface area contributed by atoms with Gasteiger partial charge in [0, 0.05) is 10.0 Å². The SMILES string of the molecule is Cc1cc(S(=O)(=O)Nc2ccc(C(N)=S)cc2Br)sc1Cl. The molecule has 3 N–H and O–H groups in total. The number of anilines is 1. The summed E-state index contributed by atoms with van der Waals surface area (Å²) in [7, 11) is -3.68. The zero-order chi connectivity index (χ0) is 15.8. The van der Waals surface area contributed by atoms with Crippen molar-refractivity contribution in [3.8, 4) is 0 Å². The van der Waals surface area contributed by atoms with E-state index in [-0.39, 0.29) is 9.20 Å². The lowest BCUT2D eigenvalue weighted by Crippen LogP contribution is -2.13. The molecule has 0 atom stereocenters. The standard InChI is InChI=1S/C12H10BrClN2O2S3/c1-6-4-10(20-11(6)14)21(17,18)16-9-3-2-7(12(15)19)5-8(9)13/h2-5,16H,1H3,(H2,15,19). The van der Waals surface area contributed by atoms with Crippen molar-refractivity contribution >= 4 is 71.8 Å². The quantitative estimate of drug-likeness (QED) is 0.729. The van der Waals surface area contributed by atoms with Crippen molar-refractivity contribution in [2.75, 3.05) is 4.72 Å². The number of rotatable bonds is 4. The first-order valence-electron chi connectivity index (χ1n) is 5.59.